The Labute approximate surface area is 147 Å². The monoisotopic (exact) mass is 347 g/mol. The molecule has 1 aliphatic heterocycles. The van der Waals surface area contributed by atoms with E-state index in [-0.39, 0.29) is 5.91 Å². The maximum atomic E-state index is 12.8. The van der Waals surface area contributed by atoms with Gasteiger partial charge in [0.05, 0.1) is 11.4 Å². The quantitative estimate of drug-likeness (QED) is 0.855. The van der Waals surface area contributed by atoms with Gasteiger partial charge in [-0.1, -0.05) is 17.7 Å². The Hall–Kier alpha value is -1.92. The SMILES string of the molecule is Cc1nn(-c2cccc(Cl)c2)nc1C(=O)N1CCN(C(C)C)CC1. The number of piperazine rings is 1. The summed E-state index contributed by atoms with van der Waals surface area (Å²) in [6.07, 6.45) is 0. The van der Waals surface area contributed by atoms with Gasteiger partial charge in [0.1, 0.15) is 0 Å². The summed E-state index contributed by atoms with van der Waals surface area (Å²) in [5.41, 5.74) is 1.79. The highest BCUT2D eigenvalue weighted by Gasteiger charge is 2.26. The Kier molecular flexibility index (Phi) is 4.87. The van der Waals surface area contributed by atoms with Crippen molar-refractivity contribution in [1.29, 1.82) is 0 Å². The van der Waals surface area contributed by atoms with E-state index in [0.717, 1.165) is 31.9 Å². The molecular formula is C17H22ClN5O. The molecule has 0 spiro atoms. The van der Waals surface area contributed by atoms with Crippen molar-refractivity contribution in [2.75, 3.05) is 26.2 Å². The van der Waals surface area contributed by atoms with Crippen molar-refractivity contribution < 1.29 is 4.79 Å². The molecular weight excluding hydrogens is 326 g/mol. The van der Waals surface area contributed by atoms with Crippen molar-refractivity contribution >= 4 is 17.5 Å². The van der Waals surface area contributed by atoms with Crippen molar-refractivity contribution in [2.24, 2.45) is 0 Å². The standard InChI is InChI=1S/C17H22ClN5O/c1-12(2)21-7-9-22(10-8-21)17(24)16-13(3)19-23(20-16)15-6-4-5-14(18)11-15/h4-6,11-12H,7-10H2,1-3H3. The molecule has 0 unspecified atom stereocenters. The van der Waals surface area contributed by atoms with Gasteiger partial charge in [-0.3, -0.25) is 9.69 Å². The summed E-state index contributed by atoms with van der Waals surface area (Å²) in [5.74, 6) is -0.0517. The highest BCUT2D eigenvalue weighted by molar-refractivity contribution is 6.30. The van der Waals surface area contributed by atoms with Crippen LogP contribution in [-0.2, 0) is 0 Å². The van der Waals surface area contributed by atoms with Crippen LogP contribution in [0.15, 0.2) is 24.3 Å². The third-order valence-corrected chi connectivity index (χ3v) is 4.59. The fourth-order valence-electron chi connectivity index (χ4n) is 2.88. The van der Waals surface area contributed by atoms with Crippen molar-refractivity contribution in [3.05, 3.63) is 40.7 Å². The van der Waals surface area contributed by atoms with E-state index in [1.807, 2.05) is 24.0 Å². The molecule has 1 aliphatic rings. The van der Waals surface area contributed by atoms with Gasteiger partial charge in [0.15, 0.2) is 5.69 Å². The van der Waals surface area contributed by atoms with E-state index in [0.29, 0.717) is 22.5 Å². The molecule has 1 fully saturated rings. The van der Waals surface area contributed by atoms with Gasteiger partial charge in [-0.25, -0.2) is 0 Å². The Morgan fingerprint density at radius 2 is 1.88 bits per heavy atom. The fraction of sp³-hybridized carbons (Fsp3) is 0.471. The van der Waals surface area contributed by atoms with Crippen molar-refractivity contribution in [3.8, 4) is 5.69 Å². The minimum atomic E-state index is -0.0517. The Morgan fingerprint density at radius 1 is 1.17 bits per heavy atom. The zero-order valence-electron chi connectivity index (χ0n) is 14.2. The Morgan fingerprint density at radius 3 is 2.50 bits per heavy atom. The lowest BCUT2D eigenvalue weighted by Gasteiger charge is -2.36. The molecule has 1 aromatic carbocycles. The van der Waals surface area contributed by atoms with Crippen LogP contribution in [0, 0.1) is 6.92 Å². The van der Waals surface area contributed by atoms with E-state index in [9.17, 15) is 4.79 Å². The summed E-state index contributed by atoms with van der Waals surface area (Å²) in [6.45, 7) is 9.40. The normalized spacial score (nSPS) is 16.0. The first-order valence-corrected chi connectivity index (χ1v) is 8.56. The number of halogens is 1. The fourth-order valence-corrected chi connectivity index (χ4v) is 3.07. The van der Waals surface area contributed by atoms with Crippen LogP contribution in [0.2, 0.25) is 5.02 Å². The molecule has 1 amide bonds. The van der Waals surface area contributed by atoms with Gasteiger partial charge in [0.25, 0.3) is 5.91 Å². The van der Waals surface area contributed by atoms with Gasteiger partial charge in [0.2, 0.25) is 0 Å². The minimum absolute atomic E-state index is 0.0517. The lowest BCUT2D eigenvalue weighted by molar-refractivity contribution is 0.0589. The Balaban J connectivity index is 1.77. The number of rotatable bonds is 3. The highest BCUT2D eigenvalue weighted by atomic mass is 35.5. The average molecular weight is 348 g/mol. The van der Waals surface area contributed by atoms with Gasteiger partial charge >= 0.3 is 0 Å². The molecule has 0 bridgehead atoms. The van der Waals surface area contributed by atoms with Crippen LogP contribution in [0.3, 0.4) is 0 Å². The number of aryl methyl sites for hydroxylation is 1. The van der Waals surface area contributed by atoms with Gasteiger partial charge < -0.3 is 4.90 Å². The third kappa shape index (κ3) is 3.44. The number of benzene rings is 1. The Bertz CT molecular complexity index is 734. The van der Waals surface area contributed by atoms with Gasteiger partial charge in [-0.15, -0.1) is 5.10 Å². The van der Waals surface area contributed by atoms with E-state index >= 15 is 0 Å². The van der Waals surface area contributed by atoms with E-state index in [2.05, 4.69) is 28.9 Å². The van der Waals surface area contributed by atoms with Crippen LogP contribution in [0.5, 0.6) is 0 Å². The van der Waals surface area contributed by atoms with Crippen LogP contribution >= 0.6 is 11.6 Å². The lowest BCUT2D eigenvalue weighted by Crippen LogP contribution is -2.50. The van der Waals surface area contributed by atoms with E-state index in [1.165, 1.54) is 4.80 Å². The van der Waals surface area contributed by atoms with Gasteiger partial charge in [0, 0.05) is 37.2 Å². The number of amides is 1. The number of hydrogen-bond acceptors (Lipinski definition) is 4. The summed E-state index contributed by atoms with van der Waals surface area (Å²) < 4.78 is 0. The minimum Gasteiger partial charge on any atom is -0.335 e. The molecule has 0 aliphatic carbocycles. The summed E-state index contributed by atoms with van der Waals surface area (Å²) in [5, 5.41) is 9.37. The second-order valence-electron chi connectivity index (χ2n) is 6.33. The number of carbonyl (C=O) groups is 1. The third-order valence-electron chi connectivity index (χ3n) is 4.36. The van der Waals surface area contributed by atoms with Crippen LogP contribution < -0.4 is 0 Å². The summed E-state index contributed by atoms with van der Waals surface area (Å²) >= 11 is 6.02. The van der Waals surface area contributed by atoms with E-state index in [4.69, 9.17) is 11.6 Å². The van der Waals surface area contributed by atoms with Crippen LogP contribution in [0.25, 0.3) is 5.69 Å². The predicted octanol–water partition coefficient (Wildman–Crippen LogP) is 2.40. The second-order valence-corrected chi connectivity index (χ2v) is 6.76. The molecule has 6 nitrogen and oxygen atoms in total. The maximum Gasteiger partial charge on any atom is 0.276 e. The maximum absolute atomic E-state index is 12.8. The molecule has 2 heterocycles. The summed E-state index contributed by atoms with van der Waals surface area (Å²) in [4.78, 5) is 18.5. The van der Waals surface area contributed by atoms with E-state index in [1.54, 1.807) is 12.1 Å². The van der Waals surface area contributed by atoms with Crippen LogP contribution in [0.4, 0.5) is 0 Å². The first-order chi connectivity index (χ1) is 11.5. The summed E-state index contributed by atoms with van der Waals surface area (Å²) in [7, 11) is 0. The largest absolute Gasteiger partial charge is 0.335 e. The molecule has 0 N–H and O–H groups in total. The molecule has 0 saturated carbocycles. The van der Waals surface area contributed by atoms with Crippen molar-refractivity contribution in [3.63, 3.8) is 0 Å². The second kappa shape index (κ2) is 6.91. The average Bonchev–Trinajstić information content (AvgIpc) is 2.96. The first kappa shape index (κ1) is 16.9. The molecule has 3 rings (SSSR count). The molecule has 0 radical (unpaired) electrons. The van der Waals surface area contributed by atoms with E-state index < -0.39 is 0 Å². The topological polar surface area (TPSA) is 54.3 Å². The number of aromatic nitrogens is 3. The highest BCUT2D eigenvalue weighted by Crippen LogP contribution is 2.16. The molecule has 24 heavy (non-hydrogen) atoms. The lowest BCUT2D eigenvalue weighted by atomic mass is 10.2. The van der Waals surface area contributed by atoms with Gasteiger partial charge in [-0.2, -0.15) is 9.90 Å². The van der Waals surface area contributed by atoms with Gasteiger partial charge in [-0.05, 0) is 39.0 Å². The number of hydrogen-bond donors (Lipinski definition) is 0. The van der Waals surface area contributed by atoms with Crippen molar-refractivity contribution in [2.45, 2.75) is 26.8 Å². The van der Waals surface area contributed by atoms with Crippen molar-refractivity contribution in [1.82, 2.24) is 24.8 Å². The zero-order chi connectivity index (χ0) is 17.3. The smallest absolute Gasteiger partial charge is 0.276 e. The number of carbonyl (C=O) groups excluding carboxylic acids is 1. The molecule has 1 saturated heterocycles. The molecule has 0 atom stereocenters. The molecule has 7 heteroatoms. The zero-order valence-corrected chi connectivity index (χ0v) is 15.0. The van der Waals surface area contributed by atoms with Crippen LogP contribution in [0.1, 0.15) is 30.0 Å². The molecule has 128 valence electrons. The predicted molar refractivity (Wildman–Crippen MR) is 93.7 cm³/mol. The summed E-state index contributed by atoms with van der Waals surface area (Å²) in [6, 6.07) is 7.77. The molecule has 2 aromatic rings. The van der Waals surface area contributed by atoms with Crippen LogP contribution in [-0.4, -0.2) is 62.9 Å². The number of nitrogens with zero attached hydrogens (tertiary/aromatic N) is 5. The molecule has 1 aromatic heterocycles. The first-order valence-electron chi connectivity index (χ1n) is 8.19.